The number of ether oxygens (including phenoxy) is 1. The minimum Gasteiger partial charge on any atom is -0.383 e. The zero-order valence-corrected chi connectivity index (χ0v) is 9.63. The molecule has 0 spiro atoms. The van der Waals surface area contributed by atoms with Crippen molar-refractivity contribution in [2.45, 2.75) is 39.3 Å². The Kier molecular flexibility index (Phi) is 5.53. The highest BCUT2D eigenvalue weighted by Crippen LogP contribution is 2.06. The predicted octanol–water partition coefficient (Wildman–Crippen LogP) is 1.08. The second-order valence-electron chi connectivity index (χ2n) is 4.36. The van der Waals surface area contributed by atoms with E-state index in [0.717, 1.165) is 19.7 Å². The Hall–Kier alpha value is -0.120. The molecule has 0 aromatic heterocycles. The van der Waals surface area contributed by atoms with E-state index in [2.05, 4.69) is 32.6 Å². The quantitative estimate of drug-likeness (QED) is 0.678. The number of hydrogen-bond donors (Lipinski definition) is 1. The van der Waals surface area contributed by atoms with Gasteiger partial charge in [-0.15, -0.1) is 0 Å². The first kappa shape index (κ1) is 12.9. The zero-order chi connectivity index (χ0) is 10.5. The van der Waals surface area contributed by atoms with Crippen LogP contribution >= 0.6 is 0 Å². The highest BCUT2D eigenvalue weighted by Gasteiger charge is 2.19. The van der Waals surface area contributed by atoms with Crippen molar-refractivity contribution in [1.29, 1.82) is 0 Å². The van der Waals surface area contributed by atoms with Gasteiger partial charge in [-0.1, -0.05) is 6.92 Å². The molecule has 80 valence electrons. The third kappa shape index (κ3) is 6.02. The first-order valence-corrected chi connectivity index (χ1v) is 4.92. The monoisotopic (exact) mass is 188 g/mol. The van der Waals surface area contributed by atoms with Crippen molar-refractivity contribution < 1.29 is 4.74 Å². The first-order valence-electron chi connectivity index (χ1n) is 4.92. The van der Waals surface area contributed by atoms with Gasteiger partial charge in [-0.3, -0.25) is 4.90 Å². The van der Waals surface area contributed by atoms with Gasteiger partial charge in [-0.05, 0) is 27.3 Å². The molecule has 0 saturated heterocycles. The SMILES string of the molecule is CCN(CC(C)(C)N)C(C)COC. The summed E-state index contributed by atoms with van der Waals surface area (Å²) in [6.45, 7) is 11.1. The molecule has 1 unspecified atom stereocenters. The van der Waals surface area contributed by atoms with Crippen LogP contribution in [-0.2, 0) is 4.74 Å². The van der Waals surface area contributed by atoms with Crippen molar-refractivity contribution in [1.82, 2.24) is 4.90 Å². The number of nitrogens with zero attached hydrogens (tertiary/aromatic N) is 1. The van der Waals surface area contributed by atoms with Gasteiger partial charge in [0.2, 0.25) is 0 Å². The third-order valence-corrected chi connectivity index (χ3v) is 2.05. The molecule has 0 aliphatic carbocycles. The highest BCUT2D eigenvalue weighted by molar-refractivity contribution is 4.79. The summed E-state index contributed by atoms with van der Waals surface area (Å²) in [6, 6.07) is 0.442. The van der Waals surface area contributed by atoms with Crippen LogP contribution in [0, 0.1) is 0 Å². The summed E-state index contributed by atoms with van der Waals surface area (Å²) in [5.41, 5.74) is 5.84. The van der Waals surface area contributed by atoms with Crippen molar-refractivity contribution in [2.24, 2.45) is 5.73 Å². The third-order valence-electron chi connectivity index (χ3n) is 2.05. The maximum atomic E-state index is 5.96. The lowest BCUT2D eigenvalue weighted by atomic mass is 10.1. The van der Waals surface area contributed by atoms with Crippen molar-refractivity contribution in [2.75, 3.05) is 26.8 Å². The van der Waals surface area contributed by atoms with Gasteiger partial charge < -0.3 is 10.5 Å². The average Bonchev–Trinajstić information content (AvgIpc) is 1.99. The standard InChI is InChI=1S/C10H24N2O/c1-6-12(8-10(3,4)11)9(2)7-13-5/h9H,6-8,11H2,1-5H3. The number of hydrogen-bond acceptors (Lipinski definition) is 3. The van der Waals surface area contributed by atoms with Crippen molar-refractivity contribution in [3.8, 4) is 0 Å². The van der Waals surface area contributed by atoms with Crippen LogP contribution < -0.4 is 5.73 Å². The smallest absolute Gasteiger partial charge is 0.0615 e. The topological polar surface area (TPSA) is 38.5 Å². The lowest BCUT2D eigenvalue weighted by Gasteiger charge is -2.33. The van der Waals surface area contributed by atoms with E-state index in [0.29, 0.717) is 6.04 Å². The lowest BCUT2D eigenvalue weighted by molar-refractivity contribution is 0.0907. The van der Waals surface area contributed by atoms with Crippen molar-refractivity contribution in [3.63, 3.8) is 0 Å². The second kappa shape index (κ2) is 5.58. The van der Waals surface area contributed by atoms with Crippen LogP contribution in [0.4, 0.5) is 0 Å². The summed E-state index contributed by atoms with van der Waals surface area (Å²) in [5.74, 6) is 0. The molecule has 0 saturated carbocycles. The van der Waals surface area contributed by atoms with Gasteiger partial charge in [-0.25, -0.2) is 0 Å². The summed E-state index contributed by atoms with van der Waals surface area (Å²) in [7, 11) is 1.73. The normalized spacial score (nSPS) is 15.0. The Bertz CT molecular complexity index is 131. The molecule has 0 fully saturated rings. The molecule has 0 aliphatic heterocycles. The Balaban J connectivity index is 4.01. The molecule has 2 N–H and O–H groups in total. The maximum absolute atomic E-state index is 5.96. The molecule has 0 bridgehead atoms. The summed E-state index contributed by atoms with van der Waals surface area (Å²) in [6.07, 6.45) is 0. The average molecular weight is 188 g/mol. The van der Waals surface area contributed by atoms with Crippen LogP contribution in [0.2, 0.25) is 0 Å². The summed E-state index contributed by atoms with van der Waals surface area (Å²) < 4.78 is 5.12. The lowest BCUT2D eigenvalue weighted by Crippen LogP contribution is -2.49. The van der Waals surface area contributed by atoms with E-state index in [1.165, 1.54) is 0 Å². The molecule has 0 heterocycles. The van der Waals surface area contributed by atoms with Crippen molar-refractivity contribution >= 4 is 0 Å². The minimum atomic E-state index is -0.127. The molecular weight excluding hydrogens is 164 g/mol. The fourth-order valence-electron chi connectivity index (χ4n) is 1.45. The molecule has 0 aromatic rings. The Morgan fingerprint density at radius 3 is 2.31 bits per heavy atom. The molecule has 3 nitrogen and oxygen atoms in total. The number of likely N-dealkylation sites (N-methyl/N-ethyl adjacent to an activating group) is 1. The number of rotatable bonds is 6. The largest absolute Gasteiger partial charge is 0.383 e. The number of methoxy groups -OCH3 is 1. The van der Waals surface area contributed by atoms with E-state index in [1.54, 1.807) is 7.11 Å². The van der Waals surface area contributed by atoms with Gasteiger partial charge >= 0.3 is 0 Å². The molecule has 3 heteroatoms. The van der Waals surface area contributed by atoms with E-state index in [4.69, 9.17) is 10.5 Å². The van der Waals surface area contributed by atoms with Crippen LogP contribution in [0.25, 0.3) is 0 Å². The molecule has 0 aliphatic rings. The van der Waals surface area contributed by atoms with Gasteiger partial charge in [0.05, 0.1) is 6.61 Å². The molecule has 0 aromatic carbocycles. The Morgan fingerprint density at radius 1 is 1.46 bits per heavy atom. The van der Waals surface area contributed by atoms with Gasteiger partial charge in [0.1, 0.15) is 0 Å². The van der Waals surface area contributed by atoms with E-state index in [9.17, 15) is 0 Å². The molecule has 1 atom stereocenters. The second-order valence-corrected chi connectivity index (χ2v) is 4.36. The summed E-state index contributed by atoms with van der Waals surface area (Å²) in [5, 5.41) is 0. The van der Waals surface area contributed by atoms with E-state index < -0.39 is 0 Å². The van der Waals surface area contributed by atoms with Gasteiger partial charge in [-0.2, -0.15) is 0 Å². The van der Waals surface area contributed by atoms with Gasteiger partial charge in [0.25, 0.3) is 0 Å². The molecule has 0 radical (unpaired) electrons. The van der Waals surface area contributed by atoms with Crippen LogP contribution in [0.5, 0.6) is 0 Å². The highest BCUT2D eigenvalue weighted by atomic mass is 16.5. The fraction of sp³-hybridized carbons (Fsp3) is 1.00. The summed E-state index contributed by atoms with van der Waals surface area (Å²) in [4.78, 5) is 2.34. The molecule has 13 heavy (non-hydrogen) atoms. The van der Waals surface area contributed by atoms with E-state index >= 15 is 0 Å². The van der Waals surface area contributed by atoms with Crippen LogP contribution in [-0.4, -0.2) is 43.3 Å². The van der Waals surface area contributed by atoms with Crippen LogP contribution in [0.3, 0.4) is 0 Å². The summed E-state index contributed by atoms with van der Waals surface area (Å²) >= 11 is 0. The molecular formula is C10H24N2O. The Morgan fingerprint density at radius 2 is 2.00 bits per heavy atom. The number of nitrogens with two attached hydrogens (primary N) is 1. The fourth-order valence-corrected chi connectivity index (χ4v) is 1.45. The zero-order valence-electron chi connectivity index (χ0n) is 9.63. The van der Waals surface area contributed by atoms with Crippen molar-refractivity contribution in [3.05, 3.63) is 0 Å². The predicted molar refractivity (Wildman–Crippen MR) is 56.9 cm³/mol. The van der Waals surface area contributed by atoms with Gasteiger partial charge in [0.15, 0.2) is 0 Å². The van der Waals surface area contributed by atoms with Crippen LogP contribution in [0.15, 0.2) is 0 Å². The first-order chi connectivity index (χ1) is 5.90. The van der Waals surface area contributed by atoms with Gasteiger partial charge in [0, 0.05) is 25.2 Å². The maximum Gasteiger partial charge on any atom is 0.0615 e. The molecule has 0 rings (SSSR count). The minimum absolute atomic E-state index is 0.127. The van der Waals surface area contributed by atoms with Crippen LogP contribution in [0.1, 0.15) is 27.7 Å². The Labute approximate surface area is 82.2 Å². The van der Waals surface area contributed by atoms with E-state index in [1.807, 2.05) is 0 Å². The van der Waals surface area contributed by atoms with E-state index in [-0.39, 0.29) is 5.54 Å². The molecule has 0 amide bonds.